The Kier molecular flexibility index (Phi) is 6.78. The lowest BCUT2D eigenvalue weighted by atomic mass is 9.81. The van der Waals surface area contributed by atoms with Gasteiger partial charge in [-0.3, -0.25) is 0 Å². The van der Waals surface area contributed by atoms with E-state index in [4.69, 9.17) is 0 Å². The highest BCUT2D eigenvalue weighted by molar-refractivity contribution is 7.87. The van der Waals surface area contributed by atoms with Crippen molar-refractivity contribution in [2.24, 2.45) is 11.3 Å². The second-order valence-corrected chi connectivity index (χ2v) is 7.34. The summed E-state index contributed by atoms with van der Waals surface area (Å²) in [6, 6.07) is 0. The van der Waals surface area contributed by atoms with E-state index < -0.39 is 21.7 Å². The topological polar surface area (TPSA) is 69.6 Å². The Morgan fingerprint density at radius 2 is 1.67 bits per heavy atom. The summed E-state index contributed by atoms with van der Waals surface area (Å²) >= 11 is 0. The van der Waals surface area contributed by atoms with Crippen molar-refractivity contribution in [3.63, 3.8) is 0 Å². The normalized spacial score (nSPS) is 15.4. The molecule has 0 aliphatic carbocycles. The number of rotatable bonds is 8. The summed E-state index contributed by atoms with van der Waals surface area (Å²) in [4.78, 5) is 0. The number of aliphatic hydroxyl groups is 1. The van der Waals surface area contributed by atoms with Crippen molar-refractivity contribution < 1.29 is 13.5 Å². The molecular weight excluding hydrogens is 252 g/mol. The number of hydrogen-bond acceptors (Lipinski definition) is 3. The van der Waals surface area contributed by atoms with Gasteiger partial charge in [0.05, 0.1) is 6.10 Å². The molecule has 0 saturated heterocycles. The minimum Gasteiger partial charge on any atom is -0.392 e. The molecule has 0 spiro atoms. The lowest BCUT2D eigenvalue weighted by Gasteiger charge is -2.34. The first kappa shape index (κ1) is 17.8. The van der Waals surface area contributed by atoms with Gasteiger partial charge in [-0.2, -0.15) is 12.7 Å². The molecular formula is C12H28N2O3S. The van der Waals surface area contributed by atoms with Gasteiger partial charge in [0.1, 0.15) is 0 Å². The molecule has 110 valence electrons. The number of nitrogens with zero attached hydrogens (tertiary/aromatic N) is 1. The molecule has 0 bridgehead atoms. The van der Waals surface area contributed by atoms with Gasteiger partial charge >= 0.3 is 0 Å². The van der Waals surface area contributed by atoms with Crippen LogP contribution < -0.4 is 4.72 Å². The van der Waals surface area contributed by atoms with E-state index in [2.05, 4.69) is 4.72 Å². The Morgan fingerprint density at radius 3 is 2.00 bits per heavy atom. The highest BCUT2D eigenvalue weighted by Gasteiger charge is 2.32. The molecule has 0 aromatic carbocycles. The minimum atomic E-state index is -3.44. The van der Waals surface area contributed by atoms with Crippen LogP contribution in [0.4, 0.5) is 0 Å². The zero-order valence-corrected chi connectivity index (χ0v) is 13.2. The van der Waals surface area contributed by atoms with E-state index in [0.717, 1.165) is 0 Å². The molecule has 0 rings (SSSR count). The molecule has 0 heterocycles. The van der Waals surface area contributed by atoms with Crippen LogP contribution in [0.5, 0.6) is 0 Å². The third-order valence-corrected chi connectivity index (χ3v) is 4.89. The summed E-state index contributed by atoms with van der Waals surface area (Å²) in [5, 5.41) is 10.1. The van der Waals surface area contributed by atoms with E-state index in [0.29, 0.717) is 13.1 Å². The van der Waals surface area contributed by atoms with Crippen molar-refractivity contribution in [3.8, 4) is 0 Å². The van der Waals surface area contributed by atoms with Gasteiger partial charge in [-0.15, -0.1) is 0 Å². The average molecular weight is 280 g/mol. The smallest absolute Gasteiger partial charge is 0.279 e. The van der Waals surface area contributed by atoms with Crippen LogP contribution in [0.3, 0.4) is 0 Å². The first-order chi connectivity index (χ1) is 8.08. The number of hydrogen-bond donors (Lipinski definition) is 2. The van der Waals surface area contributed by atoms with Gasteiger partial charge in [0.25, 0.3) is 10.2 Å². The molecule has 6 heteroatoms. The Bertz CT molecular complexity index is 335. The molecule has 2 N–H and O–H groups in total. The van der Waals surface area contributed by atoms with E-state index in [1.165, 1.54) is 4.31 Å². The molecule has 1 atom stereocenters. The predicted molar refractivity (Wildman–Crippen MR) is 74.5 cm³/mol. The van der Waals surface area contributed by atoms with Crippen LogP contribution in [-0.2, 0) is 10.2 Å². The fraction of sp³-hybridized carbons (Fsp3) is 1.00. The van der Waals surface area contributed by atoms with Crippen LogP contribution >= 0.6 is 0 Å². The Hall–Kier alpha value is -0.170. The van der Waals surface area contributed by atoms with Crippen LogP contribution in [0.2, 0.25) is 0 Å². The molecule has 0 radical (unpaired) electrons. The molecule has 0 fully saturated rings. The van der Waals surface area contributed by atoms with E-state index in [1.54, 1.807) is 13.8 Å². The molecule has 1 unspecified atom stereocenters. The standard InChI is InChI=1S/C12H28N2O3S/c1-7-14(8-2)18(16,17)13-9-12(5,6)11(15)10(3)4/h10-11,13,15H,7-9H2,1-6H3. The van der Waals surface area contributed by atoms with Gasteiger partial charge in [0.2, 0.25) is 0 Å². The highest BCUT2D eigenvalue weighted by atomic mass is 32.2. The Morgan fingerprint density at radius 1 is 1.22 bits per heavy atom. The monoisotopic (exact) mass is 280 g/mol. The summed E-state index contributed by atoms with van der Waals surface area (Å²) in [6.07, 6.45) is -0.545. The molecule has 0 amide bonds. The van der Waals surface area contributed by atoms with Crippen LogP contribution in [0.25, 0.3) is 0 Å². The third kappa shape index (κ3) is 4.84. The third-order valence-electron chi connectivity index (χ3n) is 3.19. The van der Waals surface area contributed by atoms with Gasteiger partial charge in [-0.25, -0.2) is 4.72 Å². The van der Waals surface area contributed by atoms with Gasteiger partial charge in [-0.05, 0) is 5.92 Å². The van der Waals surface area contributed by atoms with Gasteiger partial charge < -0.3 is 5.11 Å². The summed E-state index contributed by atoms with van der Waals surface area (Å²) < 4.78 is 27.9. The van der Waals surface area contributed by atoms with Gasteiger partial charge in [0, 0.05) is 25.0 Å². The summed E-state index contributed by atoms with van der Waals surface area (Å²) in [5.41, 5.74) is -0.492. The van der Waals surface area contributed by atoms with Crippen LogP contribution in [0.1, 0.15) is 41.5 Å². The van der Waals surface area contributed by atoms with Crippen molar-refractivity contribution in [2.45, 2.75) is 47.6 Å². The Balaban J connectivity index is 4.66. The van der Waals surface area contributed by atoms with E-state index in [1.807, 2.05) is 27.7 Å². The molecule has 0 saturated carbocycles. The average Bonchev–Trinajstić information content (AvgIpc) is 2.27. The van der Waals surface area contributed by atoms with Gasteiger partial charge in [-0.1, -0.05) is 41.5 Å². The summed E-state index contributed by atoms with van der Waals surface area (Å²) in [7, 11) is -3.44. The zero-order chi connectivity index (χ0) is 14.6. The SMILES string of the molecule is CCN(CC)S(=O)(=O)NCC(C)(C)C(O)C(C)C. The van der Waals surface area contributed by atoms with Crippen molar-refractivity contribution in [2.75, 3.05) is 19.6 Å². The molecule has 0 aliphatic rings. The largest absolute Gasteiger partial charge is 0.392 e. The predicted octanol–water partition coefficient (Wildman–Crippen LogP) is 1.21. The van der Waals surface area contributed by atoms with Crippen molar-refractivity contribution in [1.82, 2.24) is 9.03 Å². The second-order valence-electron chi connectivity index (χ2n) is 5.59. The molecule has 0 aromatic rings. The molecule has 0 aromatic heterocycles. The van der Waals surface area contributed by atoms with Crippen LogP contribution in [0.15, 0.2) is 0 Å². The van der Waals surface area contributed by atoms with Crippen LogP contribution in [0, 0.1) is 11.3 Å². The second kappa shape index (κ2) is 6.84. The van der Waals surface area contributed by atoms with Crippen molar-refractivity contribution in [3.05, 3.63) is 0 Å². The summed E-state index contributed by atoms with van der Waals surface area (Å²) in [6.45, 7) is 12.3. The van der Waals surface area contributed by atoms with Gasteiger partial charge in [0.15, 0.2) is 0 Å². The first-order valence-corrected chi connectivity index (χ1v) is 7.95. The van der Waals surface area contributed by atoms with Crippen molar-refractivity contribution >= 4 is 10.2 Å². The highest BCUT2D eigenvalue weighted by Crippen LogP contribution is 2.25. The molecule has 18 heavy (non-hydrogen) atoms. The lowest BCUT2D eigenvalue weighted by molar-refractivity contribution is 0.0164. The Labute approximate surface area is 112 Å². The number of aliphatic hydroxyl groups excluding tert-OH is 1. The maximum atomic E-state index is 12.0. The summed E-state index contributed by atoms with van der Waals surface area (Å²) in [5.74, 6) is 0.0953. The number of nitrogens with one attached hydrogen (secondary N) is 1. The zero-order valence-electron chi connectivity index (χ0n) is 12.4. The van der Waals surface area contributed by atoms with E-state index >= 15 is 0 Å². The molecule has 5 nitrogen and oxygen atoms in total. The minimum absolute atomic E-state index is 0.0953. The van der Waals surface area contributed by atoms with E-state index in [-0.39, 0.29) is 12.5 Å². The quantitative estimate of drug-likeness (QED) is 0.702. The van der Waals surface area contributed by atoms with Crippen molar-refractivity contribution in [1.29, 1.82) is 0 Å². The van der Waals surface area contributed by atoms with Crippen LogP contribution in [-0.4, -0.2) is 43.6 Å². The fourth-order valence-corrected chi connectivity index (χ4v) is 3.36. The van der Waals surface area contributed by atoms with E-state index in [9.17, 15) is 13.5 Å². The first-order valence-electron chi connectivity index (χ1n) is 6.51. The lowest BCUT2D eigenvalue weighted by Crippen LogP contribution is -2.48. The maximum absolute atomic E-state index is 12.0. The fourth-order valence-electron chi connectivity index (χ4n) is 1.94. The maximum Gasteiger partial charge on any atom is 0.279 e. The molecule has 0 aliphatic heterocycles.